The molecule has 1 N–H and O–H groups in total. The van der Waals surface area contributed by atoms with E-state index in [0.717, 1.165) is 17.7 Å². The number of hydrogen-bond donors (Lipinski definition) is 1. The molecule has 3 aromatic rings. The predicted octanol–water partition coefficient (Wildman–Crippen LogP) is 2.96. The van der Waals surface area contributed by atoms with E-state index in [-0.39, 0.29) is 11.4 Å². The first kappa shape index (κ1) is 15.1. The van der Waals surface area contributed by atoms with E-state index in [0.29, 0.717) is 17.6 Å². The average molecular weight is 312 g/mol. The first-order valence-electron chi connectivity index (χ1n) is 7.44. The maximum atomic E-state index is 13.2. The van der Waals surface area contributed by atoms with Gasteiger partial charge in [-0.15, -0.1) is 0 Å². The van der Waals surface area contributed by atoms with E-state index in [9.17, 15) is 9.18 Å². The van der Waals surface area contributed by atoms with Crippen LogP contribution in [0.1, 0.15) is 19.7 Å². The Hall–Kier alpha value is -2.76. The van der Waals surface area contributed by atoms with Crippen LogP contribution in [-0.2, 0) is 6.42 Å². The van der Waals surface area contributed by atoms with Crippen LogP contribution >= 0.6 is 0 Å². The van der Waals surface area contributed by atoms with Crippen molar-refractivity contribution < 1.29 is 4.39 Å². The third-order valence-electron chi connectivity index (χ3n) is 3.36. The number of H-pyrrole nitrogens is 1. The number of pyridine rings is 1. The van der Waals surface area contributed by atoms with Crippen LogP contribution in [0.4, 0.5) is 4.39 Å². The summed E-state index contributed by atoms with van der Waals surface area (Å²) in [5.74, 6) is 1.44. The van der Waals surface area contributed by atoms with Gasteiger partial charge in [0.1, 0.15) is 5.82 Å². The molecule has 0 atom stereocenters. The number of rotatable bonds is 4. The van der Waals surface area contributed by atoms with E-state index >= 15 is 0 Å². The largest absolute Gasteiger partial charge is 0.328 e. The molecule has 118 valence electrons. The minimum Gasteiger partial charge on any atom is -0.328 e. The van der Waals surface area contributed by atoms with Crippen LogP contribution in [0.2, 0.25) is 0 Å². The molecule has 0 saturated carbocycles. The molecule has 0 amide bonds. The quantitative estimate of drug-likeness (QED) is 0.805. The van der Waals surface area contributed by atoms with Crippen molar-refractivity contribution >= 4 is 0 Å². The molecule has 6 heteroatoms. The van der Waals surface area contributed by atoms with Crippen LogP contribution < -0.4 is 5.56 Å². The summed E-state index contributed by atoms with van der Waals surface area (Å²) < 4.78 is 14.8. The molecule has 0 radical (unpaired) electrons. The van der Waals surface area contributed by atoms with Gasteiger partial charge in [0, 0.05) is 24.2 Å². The van der Waals surface area contributed by atoms with Crippen molar-refractivity contribution in [2.24, 2.45) is 5.92 Å². The first-order chi connectivity index (χ1) is 11.0. The molecule has 0 aliphatic heterocycles. The summed E-state index contributed by atoms with van der Waals surface area (Å²) in [6.45, 7) is 4.19. The summed E-state index contributed by atoms with van der Waals surface area (Å²) in [5.41, 5.74) is 1.29. The zero-order valence-electron chi connectivity index (χ0n) is 13.0. The molecule has 0 aliphatic rings. The normalized spacial score (nSPS) is 11.1. The van der Waals surface area contributed by atoms with E-state index in [1.165, 1.54) is 18.2 Å². The van der Waals surface area contributed by atoms with Gasteiger partial charge in [-0.2, -0.15) is 5.10 Å². The monoisotopic (exact) mass is 312 g/mol. The third-order valence-corrected chi connectivity index (χ3v) is 3.36. The highest BCUT2D eigenvalue weighted by molar-refractivity contribution is 5.56. The summed E-state index contributed by atoms with van der Waals surface area (Å²) in [5, 5.41) is 4.54. The van der Waals surface area contributed by atoms with Crippen LogP contribution in [0, 0.1) is 11.7 Å². The second-order valence-corrected chi connectivity index (χ2v) is 5.78. The number of aromatic nitrogens is 4. The molecule has 2 aromatic heterocycles. The smallest absolute Gasteiger partial charge is 0.247 e. The van der Waals surface area contributed by atoms with Crippen molar-refractivity contribution in [3.05, 3.63) is 64.6 Å². The van der Waals surface area contributed by atoms with E-state index in [1.807, 2.05) is 0 Å². The number of nitrogens with zero attached hydrogens (tertiary/aromatic N) is 3. The number of benzene rings is 1. The van der Waals surface area contributed by atoms with E-state index in [1.54, 1.807) is 29.1 Å². The van der Waals surface area contributed by atoms with Gasteiger partial charge in [0.05, 0.1) is 5.69 Å². The first-order valence-corrected chi connectivity index (χ1v) is 7.44. The lowest BCUT2D eigenvalue weighted by molar-refractivity contribution is 0.617. The van der Waals surface area contributed by atoms with Crippen LogP contribution in [0.25, 0.3) is 17.1 Å². The molecule has 0 bridgehead atoms. The van der Waals surface area contributed by atoms with E-state index < -0.39 is 0 Å². The average Bonchev–Trinajstić information content (AvgIpc) is 2.91. The van der Waals surface area contributed by atoms with Crippen LogP contribution in [0.3, 0.4) is 0 Å². The van der Waals surface area contributed by atoms with Crippen LogP contribution in [0.15, 0.2) is 47.4 Å². The van der Waals surface area contributed by atoms with E-state index in [4.69, 9.17) is 0 Å². The molecule has 3 rings (SSSR count). The minimum atomic E-state index is -0.304. The number of hydrogen-bond acceptors (Lipinski definition) is 3. The molecule has 2 heterocycles. The summed E-state index contributed by atoms with van der Waals surface area (Å²) in [4.78, 5) is 18.5. The number of halogens is 1. The van der Waals surface area contributed by atoms with Crippen molar-refractivity contribution in [2.45, 2.75) is 20.3 Å². The topological polar surface area (TPSA) is 63.6 Å². The van der Waals surface area contributed by atoms with Gasteiger partial charge >= 0.3 is 0 Å². The Morgan fingerprint density at radius 1 is 1.17 bits per heavy atom. The summed E-state index contributed by atoms with van der Waals surface area (Å²) >= 11 is 0. The highest BCUT2D eigenvalue weighted by atomic mass is 19.1. The molecule has 0 aliphatic carbocycles. The Kier molecular flexibility index (Phi) is 4.06. The third kappa shape index (κ3) is 3.36. The van der Waals surface area contributed by atoms with Gasteiger partial charge in [-0.3, -0.25) is 4.79 Å². The molecule has 0 saturated heterocycles. The summed E-state index contributed by atoms with van der Waals surface area (Å²) in [6, 6.07) is 9.21. The molecule has 5 nitrogen and oxygen atoms in total. The highest BCUT2D eigenvalue weighted by Crippen LogP contribution is 2.21. The fourth-order valence-corrected chi connectivity index (χ4v) is 2.31. The van der Waals surface area contributed by atoms with Crippen LogP contribution in [-0.4, -0.2) is 19.7 Å². The van der Waals surface area contributed by atoms with Gasteiger partial charge in [-0.25, -0.2) is 14.1 Å². The van der Waals surface area contributed by atoms with Gasteiger partial charge in [0.15, 0.2) is 11.6 Å². The molecular weight excluding hydrogens is 295 g/mol. The van der Waals surface area contributed by atoms with Crippen molar-refractivity contribution in [3.8, 4) is 17.1 Å². The van der Waals surface area contributed by atoms with Crippen molar-refractivity contribution in [1.82, 2.24) is 19.7 Å². The summed E-state index contributed by atoms with van der Waals surface area (Å²) in [6.07, 6.45) is 2.34. The van der Waals surface area contributed by atoms with Crippen molar-refractivity contribution in [3.63, 3.8) is 0 Å². The van der Waals surface area contributed by atoms with E-state index in [2.05, 4.69) is 28.9 Å². The Labute approximate surface area is 132 Å². The zero-order chi connectivity index (χ0) is 16.4. The fourth-order valence-electron chi connectivity index (χ4n) is 2.31. The predicted molar refractivity (Wildman–Crippen MR) is 85.9 cm³/mol. The van der Waals surface area contributed by atoms with Gasteiger partial charge < -0.3 is 4.98 Å². The van der Waals surface area contributed by atoms with Crippen LogP contribution in [0.5, 0.6) is 0 Å². The standard InChI is InChI=1S/C17H17FN4O/c1-11(2)9-15-20-17(12-3-8-16(23)19-10-12)22(21-15)14-6-4-13(18)5-7-14/h3-8,10-11H,9H2,1-2H3,(H,19,23). The summed E-state index contributed by atoms with van der Waals surface area (Å²) in [7, 11) is 0. The van der Waals surface area contributed by atoms with Gasteiger partial charge in [-0.05, 0) is 36.2 Å². The Bertz CT molecular complexity index is 845. The second-order valence-electron chi connectivity index (χ2n) is 5.78. The van der Waals surface area contributed by atoms with Crippen molar-refractivity contribution in [2.75, 3.05) is 0 Å². The molecule has 0 unspecified atom stereocenters. The lowest BCUT2D eigenvalue weighted by Crippen LogP contribution is -2.04. The molecule has 1 aromatic carbocycles. The Balaban J connectivity index is 2.12. The molecule has 0 spiro atoms. The molecular formula is C17H17FN4O. The van der Waals surface area contributed by atoms with Gasteiger partial charge in [-0.1, -0.05) is 13.8 Å². The number of aromatic amines is 1. The highest BCUT2D eigenvalue weighted by Gasteiger charge is 2.14. The minimum absolute atomic E-state index is 0.177. The van der Waals surface area contributed by atoms with Gasteiger partial charge in [0.25, 0.3) is 0 Å². The lowest BCUT2D eigenvalue weighted by atomic mass is 10.1. The Morgan fingerprint density at radius 3 is 2.52 bits per heavy atom. The Morgan fingerprint density at radius 2 is 1.91 bits per heavy atom. The maximum Gasteiger partial charge on any atom is 0.247 e. The SMILES string of the molecule is CC(C)Cc1nc(-c2ccc(=O)[nH]c2)n(-c2ccc(F)cc2)n1. The molecule has 23 heavy (non-hydrogen) atoms. The number of nitrogens with one attached hydrogen (secondary N) is 1. The fraction of sp³-hybridized carbons (Fsp3) is 0.235. The lowest BCUT2D eigenvalue weighted by Gasteiger charge is -2.05. The maximum absolute atomic E-state index is 13.2. The zero-order valence-corrected chi connectivity index (χ0v) is 13.0. The second kappa shape index (κ2) is 6.16. The molecule has 0 fully saturated rings. The van der Waals surface area contributed by atoms with Gasteiger partial charge in [0.2, 0.25) is 5.56 Å². The van der Waals surface area contributed by atoms with Crippen molar-refractivity contribution in [1.29, 1.82) is 0 Å².